The molecule has 0 heterocycles. The van der Waals surface area contributed by atoms with Gasteiger partial charge in [0.25, 0.3) is 0 Å². The maximum Gasteiger partial charge on any atom is 0.330 e. The quantitative estimate of drug-likeness (QED) is 0.378. The molecule has 1 atom stereocenters. The minimum Gasteiger partial charge on any atom is -0.463 e. The molecule has 0 radical (unpaired) electrons. The Morgan fingerprint density at radius 1 is 1.38 bits per heavy atom. The lowest BCUT2D eigenvalue weighted by atomic mass is 10.1. The lowest BCUT2D eigenvalue weighted by molar-refractivity contribution is -0.137. The van der Waals surface area contributed by atoms with Gasteiger partial charge in [0, 0.05) is 19.6 Å². The van der Waals surface area contributed by atoms with Gasteiger partial charge >= 0.3 is 11.9 Å². The molecule has 0 aromatic heterocycles. The third-order valence-corrected chi connectivity index (χ3v) is 3.37. The number of carbonyl (C=O) groups excluding carboxylic acids is 1. The first-order chi connectivity index (χ1) is 11.4. The van der Waals surface area contributed by atoms with E-state index in [4.69, 9.17) is 16.3 Å². The van der Waals surface area contributed by atoms with Crippen LogP contribution < -0.4 is 0 Å². The highest BCUT2D eigenvalue weighted by Crippen LogP contribution is 2.27. The number of nitrogens with zero attached hydrogens (tertiary/aromatic N) is 1. The molecule has 132 valence electrons. The van der Waals surface area contributed by atoms with Gasteiger partial charge < -0.3 is 9.47 Å². The van der Waals surface area contributed by atoms with Gasteiger partial charge in [-0.3, -0.25) is 4.99 Å². The van der Waals surface area contributed by atoms with E-state index in [1.165, 1.54) is 7.11 Å². The minimum atomic E-state index is -3.38. The van der Waals surface area contributed by atoms with Gasteiger partial charge in [-0.05, 0) is 12.5 Å². The molecule has 0 saturated carbocycles. The van der Waals surface area contributed by atoms with Crippen LogP contribution in [-0.4, -0.2) is 37.4 Å². The zero-order chi connectivity index (χ0) is 18.0. The summed E-state index contributed by atoms with van der Waals surface area (Å²) in [7, 11) is 1.46. The summed E-state index contributed by atoms with van der Waals surface area (Å²) >= 11 is 5.72. The van der Waals surface area contributed by atoms with Gasteiger partial charge in [0.15, 0.2) is 5.17 Å². The molecule has 7 heteroatoms. The van der Waals surface area contributed by atoms with Crippen LogP contribution in [0.4, 0.5) is 8.78 Å². The molecule has 0 aliphatic rings. The summed E-state index contributed by atoms with van der Waals surface area (Å²) < 4.78 is 37.8. The molecular weight excluding hydrogens is 340 g/mol. The smallest absolute Gasteiger partial charge is 0.330 e. The number of aliphatic imine (C=N–C) groups is 1. The molecule has 24 heavy (non-hydrogen) atoms. The lowest BCUT2D eigenvalue weighted by Gasteiger charge is -2.17. The van der Waals surface area contributed by atoms with Gasteiger partial charge in [-0.1, -0.05) is 48.0 Å². The molecule has 4 nitrogen and oxygen atoms in total. The van der Waals surface area contributed by atoms with E-state index in [0.717, 1.165) is 17.7 Å². The first-order valence-corrected chi connectivity index (χ1v) is 7.77. The summed E-state index contributed by atoms with van der Waals surface area (Å²) in [6, 6.07) is 8.26. The molecule has 0 aliphatic heterocycles. The predicted octanol–water partition coefficient (Wildman–Crippen LogP) is 4.16. The van der Waals surface area contributed by atoms with Crippen LogP contribution in [0.5, 0.6) is 0 Å². The topological polar surface area (TPSA) is 47.9 Å². The van der Waals surface area contributed by atoms with E-state index >= 15 is 0 Å². The van der Waals surface area contributed by atoms with E-state index in [1.54, 1.807) is 31.2 Å². The van der Waals surface area contributed by atoms with Crippen LogP contribution in [0.25, 0.3) is 0 Å². The minimum absolute atomic E-state index is 0.120. The van der Waals surface area contributed by atoms with E-state index in [0.29, 0.717) is 0 Å². The highest BCUT2D eigenvalue weighted by atomic mass is 35.5. The van der Waals surface area contributed by atoms with Crippen LogP contribution in [0, 0.1) is 0 Å². The zero-order valence-electron chi connectivity index (χ0n) is 13.5. The number of ether oxygens (including phenoxy) is 2. The number of carbonyl (C=O) groups is 1. The summed E-state index contributed by atoms with van der Waals surface area (Å²) in [4.78, 5) is 15.0. The van der Waals surface area contributed by atoms with Crippen molar-refractivity contribution in [2.24, 2.45) is 4.99 Å². The molecule has 0 aliphatic carbocycles. The average Bonchev–Trinajstić information content (AvgIpc) is 2.55. The Labute approximate surface area is 145 Å². The van der Waals surface area contributed by atoms with Gasteiger partial charge in [-0.2, -0.15) is 8.78 Å². The number of hydrogen-bond acceptors (Lipinski definition) is 4. The molecule has 1 rings (SSSR count). The third-order valence-electron chi connectivity index (χ3n) is 2.99. The Hall–Kier alpha value is -1.79. The molecular formula is C17H20ClF2NO3. The lowest BCUT2D eigenvalue weighted by Crippen LogP contribution is -2.25. The van der Waals surface area contributed by atoms with Gasteiger partial charge in [-0.15, -0.1) is 0 Å². The highest BCUT2D eigenvalue weighted by Gasteiger charge is 2.34. The number of benzene rings is 1. The molecule has 0 saturated heterocycles. The summed E-state index contributed by atoms with van der Waals surface area (Å²) in [6.45, 7) is 1.93. The van der Waals surface area contributed by atoms with Gasteiger partial charge in [-0.25, -0.2) is 4.79 Å². The molecule has 0 amide bonds. The summed E-state index contributed by atoms with van der Waals surface area (Å²) in [5.41, 5.74) is 0.718. The predicted molar refractivity (Wildman–Crippen MR) is 89.7 cm³/mol. The van der Waals surface area contributed by atoms with Crippen molar-refractivity contribution in [1.82, 2.24) is 0 Å². The Balaban J connectivity index is 2.84. The number of hydrogen-bond donors (Lipinski definition) is 0. The summed E-state index contributed by atoms with van der Waals surface area (Å²) in [5, 5.41) is -0.832. The van der Waals surface area contributed by atoms with Crippen LogP contribution in [-0.2, 0) is 14.3 Å². The molecule has 1 aromatic carbocycles. The van der Waals surface area contributed by atoms with Gasteiger partial charge in [0.05, 0.1) is 19.3 Å². The zero-order valence-corrected chi connectivity index (χ0v) is 14.3. The van der Waals surface area contributed by atoms with E-state index in [9.17, 15) is 13.6 Å². The van der Waals surface area contributed by atoms with Crippen molar-refractivity contribution in [3.8, 4) is 0 Å². The van der Waals surface area contributed by atoms with Crippen molar-refractivity contribution in [3.05, 3.63) is 48.0 Å². The van der Waals surface area contributed by atoms with Crippen molar-refractivity contribution in [1.29, 1.82) is 0 Å². The SMILES string of the molecule is CCOC(=O)/C=C/CC(F)(F)C(Cl)=N[C@@H](COC)c1ccccc1. The van der Waals surface area contributed by atoms with Gasteiger partial charge in [0.1, 0.15) is 0 Å². The van der Waals surface area contributed by atoms with E-state index in [1.807, 2.05) is 6.07 Å². The Kier molecular flexibility index (Phi) is 8.57. The van der Waals surface area contributed by atoms with Gasteiger partial charge in [0.2, 0.25) is 0 Å². The number of rotatable bonds is 9. The summed E-state index contributed by atoms with van der Waals surface area (Å²) in [6.07, 6.45) is 1.22. The molecule has 0 bridgehead atoms. The number of halogens is 3. The standard InChI is InChI=1S/C17H20ClF2NO3/c1-3-24-15(22)10-7-11-17(19,20)16(18)21-14(12-23-2)13-8-5-4-6-9-13/h4-10,14H,3,11-12H2,1-2H3/b10-7+,21-16?/t14-/m0/s1. The molecule has 0 spiro atoms. The first kappa shape index (κ1) is 20.3. The van der Waals surface area contributed by atoms with Crippen LogP contribution in [0.15, 0.2) is 47.5 Å². The second-order valence-electron chi connectivity index (χ2n) is 4.86. The number of allylic oxidation sites excluding steroid dienone is 1. The Bertz CT molecular complexity index is 576. The normalized spacial score (nSPS) is 14.0. The van der Waals surface area contributed by atoms with Crippen LogP contribution in [0.2, 0.25) is 0 Å². The maximum absolute atomic E-state index is 14.1. The molecule has 0 unspecified atom stereocenters. The summed E-state index contributed by atoms with van der Waals surface area (Å²) in [5.74, 6) is -4.06. The highest BCUT2D eigenvalue weighted by molar-refractivity contribution is 6.67. The van der Waals surface area contributed by atoms with Crippen molar-refractivity contribution >= 4 is 22.7 Å². The Morgan fingerprint density at radius 3 is 2.62 bits per heavy atom. The average molecular weight is 360 g/mol. The number of alkyl halides is 2. The largest absolute Gasteiger partial charge is 0.463 e. The van der Waals surface area contributed by atoms with Crippen molar-refractivity contribution in [2.75, 3.05) is 20.3 Å². The van der Waals surface area contributed by atoms with Crippen LogP contribution in [0.1, 0.15) is 24.9 Å². The second kappa shape index (κ2) is 10.2. The van der Waals surface area contributed by atoms with Crippen molar-refractivity contribution in [3.63, 3.8) is 0 Å². The third kappa shape index (κ3) is 6.76. The van der Waals surface area contributed by atoms with Crippen molar-refractivity contribution in [2.45, 2.75) is 25.3 Å². The Morgan fingerprint density at radius 2 is 2.04 bits per heavy atom. The fourth-order valence-electron chi connectivity index (χ4n) is 1.85. The molecule has 0 N–H and O–H groups in total. The van der Waals surface area contributed by atoms with Crippen LogP contribution >= 0.6 is 11.6 Å². The monoisotopic (exact) mass is 359 g/mol. The van der Waals surface area contributed by atoms with E-state index in [-0.39, 0.29) is 13.2 Å². The molecule has 1 aromatic rings. The second-order valence-corrected chi connectivity index (χ2v) is 5.22. The van der Waals surface area contributed by atoms with Crippen molar-refractivity contribution < 1.29 is 23.0 Å². The fraction of sp³-hybridized carbons (Fsp3) is 0.412. The maximum atomic E-state index is 14.1. The fourth-order valence-corrected chi connectivity index (χ4v) is 2.05. The van der Waals surface area contributed by atoms with E-state index < -0.39 is 29.5 Å². The van der Waals surface area contributed by atoms with E-state index in [2.05, 4.69) is 9.73 Å². The van der Waals surface area contributed by atoms with Crippen LogP contribution in [0.3, 0.4) is 0 Å². The first-order valence-electron chi connectivity index (χ1n) is 7.39. The number of esters is 1. The number of methoxy groups -OCH3 is 1. The molecule has 0 fully saturated rings.